The highest BCUT2D eigenvalue weighted by molar-refractivity contribution is 9.09. The van der Waals surface area contributed by atoms with Crippen molar-refractivity contribution in [1.29, 1.82) is 0 Å². The summed E-state index contributed by atoms with van der Waals surface area (Å²) in [7, 11) is 0. The third-order valence-corrected chi connectivity index (χ3v) is 3.91. The van der Waals surface area contributed by atoms with Crippen molar-refractivity contribution in [2.45, 2.75) is 32.2 Å². The number of likely N-dealkylation sites (tertiary alicyclic amines) is 1. The fourth-order valence-electron chi connectivity index (χ4n) is 1.96. The molecule has 1 rings (SSSR count). The van der Waals surface area contributed by atoms with E-state index in [-0.39, 0.29) is 0 Å². The Hall–Kier alpha value is 0.400. The molecule has 0 aromatic rings. The van der Waals surface area contributed by atoms with Crippen LogP contribution in [0.15, 0.2) is 0 Å². The van der Waals surface area contributed by atoms with E-state index in [2.05, 4.69) is 27.8 Å². The fraction of sp³-hybridized carbons (Fsp3) is 1.00. The molecule has 0 aromatic carbocycles. The number of rotatable bonds is 5. The molecule has 1 saturated heterocycles. The van der Waals surface area contributed by atoms with Crippen molar-refractivity contribution >= 4 is 15.9 Å². The van der Waals surface area contributed by atoms with E-state index in [1.54, 1.807) is 0 Å². The van der Waals surface area contributed by atoms with E-state index in [1.165, 1.54) is 25.8 Å². The zero-order valence-electron chi connectivity index (χ0n) is 8.38. The average Bonchev–Trinajstić information content (AvgIpc) is 2.61. The molecule has 0 radical (unpaired) electrons. The molecule has 0 aromatic heterocycles. The molecule has 1 aliphatic heterocycles. The van der Waals surface area contributed by atoms with Crippen LogP contribution in [0.1, 0.15) is 26.2 Å². The van der Waals surface area contributed by atoms with E-state index < -0.39 is 0 Å². The van der Waals surface area contributed by atoms with Gasteiger partial charge >= 0.3 is 0 Å². The van der Waals surface area contributed by atoms with Gasteiger partial charge in [-0.1, -0.05) is 29.3 Å². The Balaban J connectivity index is 2.33. The largest absolute Gasteiger partial charge is 0.395 e. The topological polar surface area (TPSA) is 23.5 Å². The Morgan fingerprint density at radius 2 is 2.38 bits per heavy atom. The molecular formula is C10H20BrNO. The first-order chi connectivity index (χ1) is 6.31. The fourth-order valence-corrected chi connectivity index (χ4v) is 2.62. The molecule has 2 unspecified atom stereocenters. The second-order valence-electron chi connectivity index (χ2n) is 3.90. The van der Waals surface area contributed by atoms with Gasteiger partial charge in [-0.2, -0.15) is 0 Å². The van der Waals surface area contributed by atoms with Crippen molar-refractivity contribution in [3.05, 3.63) is 0 Å². The summed E-state index contributed by atoms with van der Waals surface area (Å²) in [5.74, 6) is 0.743. The van der Waals surface area contributed by atoms with Crippen molar-refractivity contribution in [1.82, 2.24) is 4.90 Å². The van der Waals surface area contributed by atoms with Crippen molar-refractivity contribution in [2.75, 3.05) is 25.0 Å². The van der Waals surface area contributed by atoms with Crippen LogP contribution in [0.25, 0.3) is 0 Å². The minimum Gasteiger partial charge on any atom is -0.395 e. The van der Waals surface area contributed by atoms with Gasteiger partial charge in [0.05, 0.1) is 6.61 Å². The normalized spacial score (nSPS) is 26.5. The molecule has 3 heteroatoms. The van der Waals surface area contributed by atoms with Crippen LogP contribution in [0, 0.1) is 5.92 Å². The Bertz CT molecular complexity index is 139. The minimum atomic E-state index is 0.332. The Morgan fingerprint density at radius 3 is 2.92 bits per heavy atom. The molecule has 78 valence electrons. The highest BCUT2D eigenvalue weighted by Gasteiger charge is 2.24. The zero-order chi connectivity index (χ0) is 9.68. The van der Waals surface area contributed by atoms with Crippen LogP contribution in [0.4, 0.5) is 0 Å². The highest BCUT2D eigenvalue weighted by Crippen LogP contribution is 2.19. The highest BCUT2D eigenvalue weighted by atomic mass is 79.9. The third-order valence-electron chi connectivity index (χ3n) is 3.00. The van der Waals surface area contributed by atoms with E-state index in [4.69, 9.17) is 5.11 Å². The molecule has 1 N–H and O–H groups in total. The maximum Gasteiger partial charge on any atom is 0.0586 e. The van der Waals surface area contributed by atoms with Gasteiger partial charge in [0.2, 0.25) is 0 Å². The summed E-state index contributed by atoms with van der Waals surface area (Å²) < 4.78 is 0. The number of hydrogen-bond donors (Lipinski definition) is 1. The SMILES string of the molecule is CCC(CBr)CN1CCCC1CO. The quantitative estimate of drug-likeness (QED) is 0.753. The molecule has 1 fully saturated rings. The summed E-state index contributed by atoms with van der Waals surface area (Å²) in [5, 5.41) is 10.2. The van der Waals surface area contributed by atoms with Crippen molar-refractivity contribution in [3.63, 3.8) is 0 Å². The lowest BCUT2D eigenvalue weighted by atomic mass is 10.1. The lowest BCUT2D eigenvalue weighted by Crippen LogP contribution is -2.36. The molecule has 0 bridgehead atoms. The van der Waals surface area contributed by atoms with Crippen molar-refractivity contribution < 1.29 is 5.11 Å². The molecule has 0 aliphatic carbocycles. The Kier molecular flexibility index (Phi) is 5.29. The lowest BCUT2D eigenvalue weighted by Gasteiger charge is -2.26. The molecule has 1 heterocycles. The summed E-state index contributed by atoms with van der Waals surface area (Å²) >= 11 is 3.54. The number of hydrogen-bond acceptors (Lipinski definition) is 2. The van der Waals surface area contributed by atoms with Crippen LogP contribution >= 0.6 is 15.9 Å². The summed E-state index contributed by atoms with van der Waals surface area (Å²) in [6, 6.07) is 0.438. The van der Waals surface area contributed by atoms with E-state index in [0.29, 0.717) is 12.6 Å². The number of aliphatic hydroxyl groups is 1. The first kappa shape index (κ1) is 11.5. The molecule has 0 spiro atoms. The van der Waals surface area contributed by atoms with Gasteiger partial charge in [0.25, 0.3) is 0 Å². The standard InChI is InChI=1S/C10H20BrNO/c1-2-9(6-11)7-12-5-3-4-10(12)8-13/h9-10,13H,2-8H2,1H3. The van der Waals surface area contributed by atoms with E-state index in [9.17, 15) is 0 Å². The van der Waals surface area contributed by atoms with Gasteiger partial charge in [0.1, 0.15) is 0 Å². The van der Waals surface area contributed by atoms with Gasteiger partial charge in [-0.05, 0) is 25.3 Å². The summed E-state index contributed by atoms with van der Waals surface area (Å²) in [6.07, 6.45) is 3.65. The second-order valence-corrected chi connectivity index (χ2v) is 4.55. The number of nitrogens with zero attached hydrogens (tertiary/aromatic N) is 1. The molecule has 13 heavy (non-hydrogen) atoms. The predicted molar refractivity (Wildman–Crippen MR) is 59.3 cm³/mol. The predicted octanol–water partition coefficient (Wildman–Crippen LogP) is 1.86. The van der Waals surface area contributed by atoms with Crippen LogP contribution < -0.4 is 0 Å². The van der Waals surface area contributed by atoms with Gasteiger partial charge < -0.3 is 5.11 Å². The smallest absolute Gasteiger partial charge is 0.0586 e. The molecule has 2 nitrogen and oxygen atoms in total. The van der Waals surface area contributed by atoms with Crippen LogP contribution in [0.2, 0.25) is 0 Å². The van der Waals surface area contributed by atoms with Gasteiger partial charge in [0, 0.05) is 17.9 Å². The van der Waals surface area contributed by atoms with E-state index >= 15 is 0 Å². The first-order valence-electron chi connectivity index (χ1n) is 5.22. The van der Waals surface area contributed by atoms with Crippen LogP contribution in [-0.2, 0) is 0 Å². The van der Waals surface area contributed by atoms with Crippen LogP contribution in [-0.4, -0.2) is 41.1 Å². The maximum atomic E-state index is 9.14. The molecular weight excluding hydrogens is 230 g/mol. The van der Waals surface area contributed by atoms with E-state index in [1.807, 2.05) is 0 Å². The zero-order valence-corrected chi connectivity index (χ0v) is 9.96. The lowest BCUT2D eigenvalue weighted by molar-refractivity contribution is 0.145. The summed E-state index contributed by atoms with van der Waals surface area (Å²) in [6.45, 7) is 4.89. The molecule has 0 amide bonds. The molecule has 0 saturated carbocycles. The average molecular weight is 250 g/mol. The second kappa shape index (κ2) is 5.99. The number of aliphatic hydroxyl groups excluding tert-OH is 1. The van der Waals surface area contributed by atoms with E-state index in [0.717, 1.165) is 17.8 Å². The van der Waals surface area contributed by atoms with Crippen LogP contribution in [0.5, 0.6) is 0 Å². The van der Waals surface area contributed by atoms with Crippen molar-refractivity contribution in [3.8, 4) is 0 Å². The Labute approximate surface area is 89.4 Å². The monoisotopic (exact) mass is 249 g/mol. The van der Waals surface area contributed by atoms with Gasteiger partial charge in [0.15, 0.2) is 0 Å². The van der Waals surface area contributed by atoms with Gasteiger partial charge in [-0.15, -0.1) is 0 Å². The van der Waals surface area contributed by atoms with Crippen LogP contribution in [0.3, 0.4) is 0 Å². The van der Waals surface area contributed by atoms with Gasteiger partial charge in [-0.25, -0.2) is 0 Å². The number of halogens is 1. The van der Waals surface area contributed by atoms with Crippen molar-refractivity contribution in [2.24, 2.45) is 5.92 Å². The molecule has 2 atom stereocenters. The third kappa shape index (κ3) is 3.22. The van der Waals surface area contributed by atoms with Gasteiger partial charge in [-0.3, -0.25) is 4.90 Å². The Morgan fingerprint density at radius 1 is 1.62 bits per heavy atom. The number of alkyl halides is 1. The molecule has 1 aliphatic rings. The first-order valence-corrected chi connectivity index (χ1v) is 6.34. The summed E-state index contributed by atoms with van der Waals surface area (Å²) in [4.78, 5) is 2.44. The summed E-state index contributed by atoms with van der Waals surface area (Å²) in [5.41, 5.74) is 0. The maximum absolute atomic E-state index is 9.14. The minimum absolute atomic E-state index is 0.332.